The number of ketones is 1. The van der Waals surface area contributed by atoms with Gasteiger partial charge in [-0.2, -0.15) is 0 Å². The Morgan fingerprint density at radius 1 is 1.19 bits per heavy atom. The minimum Gasteiger partial charge on any atom is -0.465 e. The molecule has 2 aromatic rings. The number of hydrogen-bond acceptors (Lipinski definition) is 7. The fraction of sp³-hybridized carbons (Fsp3) is 0.350. The van der Waals surface area contributed by atoms with Gasteiger partial charge in [0.05, 0.1) is 29.0 Å². The molecule has 0 aliphatic heterocycles. The van der Waals surface area contributed by atoms with Crippen molar-refractivity contribution < 1.29 is 32.3 Å². The number of esters is 2. The van der Waals surface area contributed by atoms with Crippen LogP contribution in [0.2, 0.25) is 5.02 Å². The summed E-state index contributed by atoms with van der Waals surface area (Å²) in [7, 11) is -2.65. The summed E-state index contributed by atoms with van der Waals surface area (Å²) in [5, 5.41) is -0.0337. The average Bonchev–Trinajstić information content (AvgIpc) is 3.47. The summed E-state index contributed by atoms with van der Waals surface area (Å²) in [6.45, 7) is 2.59. The lowest BCUT2D eigenvalue weighted by Gasteiger charge is -2.10. The third-order valence-electron chi connectivity index (χ3n) is 4.80. The predicted octanol–water partition coefficient (Wildman–Crippen LogP) is 2.55. The van der Waals surface area contributed by atoms with Crippen LogP contribution in [0.25, 0.3) is 0 Å². The maximum absolute atomic E-state index is 12.5. The van der Waals surface area contributed by atoms with Crippen LogP contribution in [0.4, 0.5) is 0 Å². The standard InChI is InChI=1S/C20H21ClN2O7S/c1-10-17(20(26)29-3)11(2)22-18(10)15(24)9-30-19(25)12-4-7-14(21)16(8-12)31(27,28)23-13-5-6-13/h4,7-8,13,22-23H,5-6,9H2,1-3H3. The summed E-state index contributed by atoms with van der Waals surface area (Å²) >= 11 is 6.00. The maximum Gasteiger partial charge on any atom is 0.339 e. The molecule has 1 aliphatic rings. The largest absolute Gasteiger partial charge is 0.465 e. The zero-order valence-electron chi connectivity index (χ0n) is 17.1. The smallest absolute Gasteiger partial charge is 0.339 e. The van der Waals surface area contributed by atoms with Crippen LogP contribution >= 0.6 is 11.6 Å². The highest BCUT2D eigenvalue weighted by Crippen LogP contribution is 2.27. The van der Waals surface area contributed by atoms with Crippen LogP contribution in [0.1, 0.15) is 55.3 Å². The first-order chi connectivity index (χ1) is 14.5. The van der Waals surface area contributed by atoms with E-state index in [1.807, 2.05) is 0 Å². The Labute approximate surface area is 184 Å². The molecule has 0 saturated heterocycles. The third-order valence-corrected chi connectivity index (χ3v) is 6.80. The number of sulfonamides is 1. The van der Waals surface area contributed by atoms with E-state index in [1.54, 1.807) is 13.8 Å². The third kappa shape index (κ3) is 4.97. The van der Waals surface area contributed by atoms with Crippen molar-refractivity contribution in [3.05, 3.63) is 51.3 Å². The molecule has 0 atom stereocenters. The van der Waals surface area contributed by atoms with Crippen molar-refractivity contribution in [1.82, 2.24) is 9.71 Å². The lowest BCUT2D eigenvalue weighted by molar-refractivity contribution is 0.0472. The maximum atomic E-state index is 12.5. The number of benzene rings is 1. The number of Topliss-reactive ketones (excluding diaryl/α,β-unsaturated/α-hetero) is 1. The lowest BCUT2D eigenvalue weighted by Crippen LogP contribution is -2.26. The van der Waals surface area contributed by atoms with E-state index in [1.165, 1.54) is 19.2 Å². The number of aromatic amines is 1. The molecule has 1 aromatic heterocycles. The van der Waals surface area contributed by atoms with Crippen LogP contribution in [0.3, 0.4) is 0 Å². The minimum atomic E-state index is -3.88. The monoisotopic (exact) mass is 468 g/mol. The van der Waals surface area contributed by atoms with E-state index >= 15 is 0 Å². The molecule has 1 aliphatic carbocycles. The van der Waals surface area contributed by atoms with Gasteiger partial charge in [-0.15, -0.1) is 0 Å². The number of carbonyl (C=O) groups excluding carboxylic acids is 3. The minimum absolute atomic E-state index is 0.0337. The number of aryl methyl sites for hydroxylation is 1. The van der Waals surface area contributed by atoms with Crippen molar-refractivity contribution in [2.24, 2.45) is 0 Å². The van der Waals surface area contributed by atoms with Gasteiger partial charge in [0.15, 0.2) is 6.61 Å². The van der Waals surface area contributed by atoms with Crippen molar-refractivity contribution >= 4 is 39.3 Å². The molecule has 1 saturated carbocycles. The SMILES string of the molecule is COC(=O)c1c(C)[nH]c(C(=O)COC(=O)c2ccc(Cl)c(S(=O)(=O)NC3CC3)c2)c1C. The van der Waals surface area contributed by atoms with E-state index in [0.29, 0.717) is 11.3 Å². The zero-order chi connectivity index (χ0) is 22.9. The normalized spacial score (nSPS) is 13.7. The van der Waals surface area contributed by atoms with Crippen LogP contribution in [-0.2, 0) is 19.5 Å². The molecule has 1 aromatic carbocycles. The number of ether oxygens (including phenoxy) is 2. The van der Waals surface area contributed by atoms with Gasteiger partial charge in [-0.1, -0.05) is 11.6 Å². The van der Waals surface area contributed by atoms with Gasteiger partial charge < -0.3 is 14.5 Å². The van der Waals surface area contributed by atoms with Gasteiger partial charge >= 0.3 is 11.9 Å². The van der Waals surface area contributed by atoms with Gasteiger partial charge in [0.2, 0.25) is 15.8 Å². The Balaban J connectivity index is 1.73. The topological polar surface area (TPSA) is 132 Å². The van der Waals surface area contributed by atoms with E-state index < -0.39 is 34.4 Å². The van der Waals surface area contributed by atoms with E-state index in [4.69, 9.17) is 21.1 Å². The number of nitrogens with one attached hydrogen (secondary N) is 2. The van der Waals surface area contributed by atoms with E-state index in [-0.39, 0.29) is 32.8 Å². The molecule has 2 N–H and O–H groups in total. The van der Waals surface area contributed by atoms with Crippen molar-refractivity contribution in [1.29, 1.82) is 0 Å². The van der Waals surface area contributed by atoms with Gasteiger partial charge in [0.25, 0.3) is 0 Å². The lowest BCUT2D eigenvalue weighted by atomic mass is 10.1. The average molecular weight is 469 g/mol. The van der Waals surface area contributed by atoms with Crippen molar-refractivity contribution in [3.8, 4) is 0 Å². The first-order valence-electron chi connectivity index (χ1n) is 9.34. The number of carbonyl (C=O) groups is 3. The van der Waals surface area contributed by atoms with Crippen LogP contribution < -0.4 is 4.72 Å². The molecule has 0 bridgehead atoms. The molecule has 31 heavy (non-hydrogen) atoms. The van der Waals surface area contributed by atoms with Gasteiger partial charge in [0, 0.05) is 11.7 Å². The summed E-state index contributed by atoms with van der Waals surface area (Å²) in [5.74, 6) is -2.03. The molecule has 166 valence electrons. The van der Waals surface area contributed by atoms with Crippen LogP contribution in [0.15, 0.2) is 23.1 Å². The molecule has 1 fully saturated rings. The number of H-pyrrole nitrogens is 1. The second-order valence-electron chi connectivity index (χ2n) is 7.16. The van der Waals surface area contributed by atoms with Crippen molar-refractivity contribution in [2.75, 3.05) is 13.7 Å². The number of rotatable bonds is 8. The molecule has 11 heteroatoms. The van der Waals surface area contributed by atoms with E-state index in [2.05, 4.69) is 9.71 Å². The van der Waals surface area contributed by atoms with Crippen LogP contribution in [0, 0.1) is 13.8 Å². The second kappa shape index (κ2) is 8.81. The zero-order valence-corrected chi connectivity index (χ0v) is 18.6. The summed E-state index contributed by atoms with van der Waals surface area (Å²) < 4.78 is 37.1. The first-order valence-corrected chi connectivity index (χ1v) is 11.2. The fourth-order valence-corrected chi connectivity index (χ4v) is 4.87. The molecule has 0 unspecified atom stereocenters. The molecule has 0 radical (unpaired) electrons. The van der Waals surface area contributed by atoms with Gasteiger partial charge in [-0.25, -0.2) is 22.7 Å². The number of methoxy groups -OCH3 is 1. The van der Waals surface area contributed by atoms with Crippen LogP contribution in [0.5, 0.6) is 0 Å². The molecule has 3 rings (SSSR count). The van der Waals surface area contributed by atoms with E-state index in [9.17, 15) is 22.8 Å². The van der Waals surface area contributed by atoms with Crippen molar-refractivity contribution in [2.45, 2.75) is 37.6 Å². The number of hydrogen-bond donors (Lipinski definition) is 2. The molecular formula is C20H21ClN2O7S. The highest BCUT2D eigenvalue weighted by atomic mass is 35.5. The van der Waals surface area contributed by atoms with Gasteiger partial charge in [-0.3, -0.25) is 4.79 Å². The van der Waals surface area contributed by atoms with Crippen LogP contribution in [-0.4, -0.2) is 50.9 Å². The summed E-state index contributed by atoms with van der Waals surface area (Å²) in [4.78, 5) is 39.3. The summed E-state index contributed by atoms with van der Waals surface area (Å²) in [5.41, 5.74) is 1.14. The van der Waals surface area contributed by atoms with Crippen molar-refractivity contribution in [3.63, 3.8) is 0 Å². The fourth-order valence-electron chi connectivity index (χ4n) is 3.04. The summed E-state index contributed by atoms with van der Waals surface area (Å²) in [6.07, 6.45) is 1.49. The Kier molecular flexibility index (Phi) is 6.54. The highest BCUT2D eigenvalue weighted by Gasteiger charge is 2.30. The Bertz CT molecular complexity index is 1170. The number of aromatic nitrogens is 1. The molecule has 0 amide bonds. The Morgan fingerprint density at radius 3 is 2.48 bits per heavy atom. The molecule has 0 spiro atoms. The predicted molar refractivity (Wildman–Crippen MR) is 111 cm³/mol. The number of halogens is 1. The second-order valence-corrected chi connectivity index (χ2v) is 9.25. The first kappa shape index (κ1) is 23.0. The van der Waals surface area contributed by atoms with Gasteiger partial charge in [0.1, 0.15) is 4.90 Å². The molecule has 1 heterocycles. The Morgan fingerprint density at radius 2 is 1.87 bits per heavy atom. The Hall–Kier alpha value is -2.69. The van der Waals surface area contributed by atoms with Gasteiger partial charge in [-0.05, 0) is 50.5 Å². The molecular weight excluding hydrogens is 448 g/mol. The van der Waals surface area contributed by atoms with E-state index in [0.717, 1.165) is 18.9 Å². The highest BCUT2D eigenvalue weighted by molar-refractivity contribution is 7.89. The molecule has 9 nitrogen and oxygen atoms in total. The summed E-state index contributed by atoms with van der Waals surface area (Å²) in [6, 6.07) is 3.57. The quantitative estimate of drug-likeness (QED) is 0.449.